The molecule has 0 aliphatic carbocycles. The molecule has 1 aromatic heterocycles. The molecule has 3 saturated heterocycles. The highest BCUT2D eigenvalue weighted by atomic mass is 32.1. The van der Waals surface area contributed by atoms with Gasteiger partial charge in [0.15, 0.2) is 0 Å². The summed E-state index contributed by atoms with van der Waals surface area (Å²) in [4.78, 5) is 5.28. The van der Waals surface area contributed by atoms with E-state index in [-0.39, 0.29) is 0 Å². The average Bonchev–Trinajstić information content (AvgIpc) is 2.70. The Balaban J connectivity index is 1.61. The average molecular weight is 308 g/mol. The van der Waals surface area contributed by atoms with Gasteiger partial charge < -0.3 is 9.80 Å². The van der Waals surface area contributed by atoms with Crippen molar-refractivity contribution >= 4 is 37.2 Å². The Labute approximate surface area is 134 Å². The Morgan fingerprint density at radius 2 is 1.64 bits per heavy atom. The summed E-state index contributed by atoms with van der Waals surface area (Å²) in [6.45, 7) is 4.97. The summed E-state index contributed by atoms with van der Waals surface area (Å²) in [5.41, 5.74) is 1.42. The van der Waals surface area contributed by atoms with Crippen LogP contribution in [0.3, 0.4) is 0 Å². The second kappa shape index (κ2) is 4.97. The molecule has 3 aliphatic heterocycles. The number of benzene rings is 2. The molecule has 112 valence electrons. The first-order valence-corrected chi connectivity index (χ1v) is 9.10. The van der Waals surface area contributed by atoms with E-state index in [0.29, 0.717) is 0 Å². The van der Waals surface area contributed by atoms with Gasteiger partial charge in [-0.15, -0.1) is 11.3 Å². The molecule has 0 amide bonds. The normalized spacial score (nSPS) is 25.0. The molecule has 0 radical (unpaired) electrons. The molecule has 3 aromatic rings. The van der Waals surface area contributed by atoms with E-state index in [1.54, 1.807) is 0 Å². The fourth-order valence-electron chi connectivity index (χ4n) is 4.12. The van der Waals surface area contributed by atoms with E-state index in [9.17, 15) is 0 Å². The molecule has 4 heterocycles. The maximum atomic E-state index is 2.66. The second-order valence-corrected chi connectivity index (χ2v) is 7.63. The summed E-state index contributed by atoms with van der Waals surface area (Å²) in [6, 6.07) is 16.6. The van der Waals surface area contributed by atoms with Gasteiger partial charge >= 0.3 is 0 Å². The number of thiophene rings is 1. The van der Waals surface area contributed by atoms with Crippen LogP contribution in [0.25, 0.3) is 20.2 Å². The Morgan fingerprint density at radius 3 is 2.55 bits per heavy atom. The summed E-state index contributed by atoms with van der Waals surface area (Å²) in [7, 11) is 0. The lowest BCUT2D eigenvalue weighted by molar-refractivity contribution is 0.250. The van der Waals surface area contributed by atoms with Gasteiger partial charge in [0.25, 0.3) is 0 Å². The molecule has 6 rings (SSSR count). The smallest absolute Gasteiger partial charge is 0.0383 e. The van der Waals surface area contributed by atoms with E-state index in [4.69, 9.17) is 0 Å². The maximum absolute atomic E-state index is 2.66. The van der Waals surface area contributed by atoms with Crippen LogP contribution in [-0.2, 0) is 0 Å². The quantitative estimate of drug-likeness (QED) is 0.660. The lowest BCUT2D eigenvalue weighted by atomic mass is 10.0. The Bertz CT molecular complexity index is 830. The summed E-state index contributed by atoms with van der Waals surface area (Å²) in [6.07, 6.45) is 2.65. The predicted octanol–water partition coefficient (Wildman–Crippen LogP) is 4.34. The molecular formula is C19H20N2S. The largest absolute Gasteiger partial charge is 0.367 e. The molecule has 22 heavy (non-hydrogen) atoms. The van der Waals surface area contributed by atoms with Gasteiger partial charge in [-0.3, -0.25) is 0 Å². The monoisotopic (exact) mass is 308 g/mol. The van der Waals surface area contributed by atoms with Crippen molar-refractivity contribution < 1.29 is 0 Å². The van der Waals surface area contributed by atoms with E-state index in [0.717, 1.165) is 6.04 Å². The number of hydrogen-bond acceptors (Lipinski definition) is 3. The minimum absolute atomic E-state index is 0.741. The van der Waals surface area contributed by atoms with Gasteiger partial charge in [0.2, 0.25) is 0 Å². The van der Waals surface area contributed by atoms with Gasteiger partial charge in [0.05, 0.1) is 0 Å². The van der Waals surface area contributed by atoms with Crippen molar-refractivity contribution in [2.75, 3.05) is 31.1 Å². The fraction of sp³-hybridized carbons (Fsp3) is 0.368. The zero-order chi connectivity index (χ0) is 14.5. The van der Waals surface area contributed by atoms with Crippen LogP contribution < -0.4 is 4.90 Å². The van der Waals surface area contributed by atoms with E-state index < -0.39 is 0 Å². The van der Waals surface area contributed by atoms with Crippen LogP contribution in [0.1, 0.15) is 12.8 Å². The molecule has 3 aliphatic rings. The number of fused-ring (bicyclic) bond motifs is 7. The lowest BCUT2D eigenvalue weighted by Crippen LogP contribution is -2.37. The molecule has 3 heteroatoms. The van der Waals surface area contributed by atoms with Crippen molar-refractivity contribution in [3.8, 4) is 0 Å². The maximum Gasteiger partial charge on any atom is 0.0383 e. The van der Waals surface area contributed by atoms with Crippen molar-refractivity contribution in [1.29, 1.82) is 0 Å². The topological polar surface area (TPSA) is 6.48 Å². The first kappa shape index (κ1) is 12.9. The lowest BCUT2D eigenvalue weighted by Gasteiger charge is -2.33. The standard InChI is InChI=1S/C19H20N2S/c1-2-4-18-16(3-1)17-6-5-15(13-19(17)22-18)21-12-11-20-9-7-14(21)8-10-20/h1-6,13-14H,7-12H2. The Morgan fingerprint density at radius 1 is 0.818 bits per heavy atom. The van der Waals surface area contributed by atoms with Gasteiger partial charge in [-0.1, -0.05) is 24.3 Å². The third kappa shape index (κ3) is 1.96. The Hall–Kier alpha value is -1.58. The van der Waals surface area contributed by atoms with Crippen molar-refractivity contribution in [2.24, 2.45) is 0 Å². The summed E-state index contributed by atoms with van der Waals surface area (Å²) < 4.78 is 2.83. The number of rotatable bonds is 1. The molecule has 0 unspecified atom stereocenters. The summed E-state index contributed by atoms with van der Waals surface area (Å²) in [5, 5.41) is 2.81. The van der Waals surface area contributed by atoms with Crippen LogP contribution in [0, 0.1) is 0 Å². The third-order valence-corrected chi connectivity index (χ3v) is 6.48. The Kier molecular flexibility index (Phi) is 2.92. The molecule has 0 saturated carbocycles. The van der Waals surface area contributed by atoms with E-state index in [1.807, 2.05) is 11.3 Å². The van der Waals surface area contributed by atoms with Crippen molar-refractivity contribution in [3.05, 3.63) is 42.5 Å². The van der Waals surface area contributed by atoms with Crippen LogP contribution in [0.5, 0.6) is 0 Å². The van der Waals surface area contributed by atoms with Crippen molar-refractivity contribution in [1.82, 2.24) is 4.90 Å². The van der Waals surface area contributed by atoms with Gasteiger partial charge in [0, 0.05) is 58.1 Å². The van der Waals surface area contributed by atoms with Crippen LogP contribution >= 0.6 is 11.3 Å². The van der Waals surface area contributed by atoms with Gasteiger partial charge in [-0.25, -0.2) is 0 Å². The first-order chi connectivity index (χ1) is 10.9. The van der Waals surface area contributed by atoms with Crippen LogP contribution in [0.4, 0.5) is 5.69 Å². The van der Waals surface area contributed by atoms with Crippen LogP contribution in [0.15, 0.2) is 42.5 Å². The molecule has 2 aromatic carbocycles. The molecule has 3 fully saturated rings. The number of anilines is 1. The predicted molar refractivity (Wildman–Crippen MR) is 96.1 cm³/mol. The highest BCUT2D eigenvalue weighted by molar-refractivity contribution is 7.25. The SMILES string of the molecule is c1ccc2c(c1)sc1cc(N3CCN4CCC3CC4)ccc12. The van der Waals surface area contributed by atoms with E-state index in [2.05, 4.69) is 52.3 Å². The summed E-state index contributed by atoms with van der Waals surface area (Å²) >= 11 is 1.93. The van der Waals surface area contributed by atoms with E-state index >= 15 is 0 Å². The molecule has 0 N–H and O–H groups in total. The molecule has 2 nitrogen and oxygen atoms in total. The fourth-order valence-corrected chi connectivity index (χ4v) is 5.26. The van der Waals surface area contributed by atoms with Gasteiger partial charge in [0.1, 0.15) is 0 Å². The number of nitrogens with zero attached hydrogens (tertiary/aromatic N) is 2. The highest BCUT2D eigenvalue weighted by Crippen LogP contribution is 2.37. The zero-order valence-corrected chi connectivity index (χ0v) is 13.5. The van der Waals surface area contributed by atoms with Crippen LogP contribution in [-0.4, -0.2) is 37.1 Å². The van der Waals surface area contributed by atoms with Crippen LogP contribution in [0.2, 0.25) is 0 Å². The number of piperidine rings is 1. The van der Waals surface area contributed by atoms with Gasteiger partial charge in [-0.2, -0.15) is 0 Å². The van der Waals surface area contributed by atoms with Gasteiger partial charge in [-0.05, 0) is 31.0 Å². The van der Waals surface area contributed by atoms with Crippen molar-refractivity contribution in [2.45, 2.75) is 18.9 Å². The minimum atomic E-state index is 0.741. The summed E-state index contributed by atoms with van der Waals surface area (Å²) in [5.74, 6) is 0. The number of hydrogen-bond donors (Lipinski definition) is 0. The zero-order valence-electron chi connectivity index (χ0n) is 12.7. The van der Waals surface area contributed by atoms with Crippen molar-refractivity contribution in [3.63, 3.8) is 0 Å². The second-order valence-electron chi connectivity index (χ2n) is 6.54. The first-order valence-electron chi connectivity index (χ1n) is 8.29. The molecular weight excluding hydrogens is 288 g/mol. The molecule has 0 spiro atoms. The molecule has 0 atom stereocenters. The van der Waals surface area contributed by atoms with E-state index in [1.165, 1.54) is 64.9 Å². The third-order valence-electron chi connectivity index (χ3n) is 5.35. The molecule has 2 bridgehead atoms. The highest BCUT2D eigenvalue weighted by Gasteiger charge is 2.29. The minimum Gasteiger partial charge on any atom is -0.367 e.